The predicted octanol–water partition coefficient (Wildman–Crippen LogP) is 2.58. The highest BCUT2D eigenvalue weighted by molar-refractivity contribution is 5.53. The topological polar surface area (TPSA) is 12.5 Å². The molecular formula is C12H14O. The molecule has 0 amide bonds. The van der Waals surface area contributed by atoms with Crippen LogP contribution in [0.1, 0.15) is 16.7 Å². The summed E-state index contributed by atoms with van der Waals surface area (Å²) in [4.78, 5) is 0. The van der Waals surface area contributed by atoms with E-state index in [1.165, 1.54) is 16.7 Å². The molecule has 1 saturated heterocycles. The van der Waals surface area contributed by atoms with Crippen LogP contribution in [0.2, 0.25) is 0 Å². The summed E-state index contributed by atoms with van der Waals surface area (Å²) in [5.41, 5.74) is 3.96. The number of ether oxygens (including phenoxy) is 1. The van der Waals surface area contributed by atoms with Crippen LogP contribution in [0.5, 0.6) is 0 Å². The second-order valence-corrected chi connectivity index (χ2v) is 3.49. The Kier molecular flexibility index (Phi) is 2.19. The lowest BCUT2D eigenvalue weighted by Gasteiger charge is -2.06. The molecule has 1 atom stereocenters. The number of epoxide rings is 1. The van der Waals surface area contributed by atoms with Gasteiger partial charge in [-0.15, -0.1) is 0 Å². The molecule has 0 saturated carbocycles. The minimum absolute atomic E-state index is 0.471. The van der Waals surface area contributed by atoms with E-state index in [2.05, 4.69) is 31.7 Å². The van der Waals surface area contributed by atoms with Crippen LogP contribution in [0, 0.1) is 6.92 Å². The highest BCUT2D eigenvalue weighted by atomic mass is 16.6. The van der Waals surface area contributed by atoms with Crippen molar-refractivity contribution in [2.24, 2.45) is 0 Å². The van der Waals surface area contributed by atoms with Gasteiger partial charge in [0, 0.05) is 6.42 Å². The molecule has 1 fully saturated rings. The largest absolute Gasteiger partial charge is 0.373 e. The van der Waals surface area contributed by atoms with Crippen molar-refractivity contribution < 1.29 is 4.74 Å². The Hall–Kier alpha value is -1.08. The van der Waals surface area contributed by atoms with Gasteiger partial charge in [-0.1, -0.05) is 30.9 Å². The summed E-state index contributed by atoms with van der Waals surface area (Å²) in [5, 5.41) is 0. The van der Waals surface area contributed by atoms with E-state index in [0.717, 1.165) is 13.0 Å². The van der Waals surface area contributed by atoms with Crippen molar-refractivity contribution in [2.75, 3.05) is 6.61 Å². The van der Waals surface area contributed by atoms with Crippen molar-refractivity contribution in [1.82, 2.24) is 0 Å². The average Bonchev–Trinajstić information content (AvgIpc) is 2.92. The SMILES string of the molecule is C=Cc1cccc(CC2CO2)c1C. The Bertz CT molecular complexity index is 324. The smallest absolute Gasteiger partial charge is 0.0850 e. The van der Waals surface area contributed by atoms with Crippen LogP contribution < -0.4 is 0 Å². The Labute approximate surface area is 79.0 Å². The second-order valence-electron chi connectivity index (χ2n) is 3.49. The van der Waals surface area contributed by atoms with Crippen LogP contribution in [-0.2, 0) is 11.2 Å². The normalized spacial score (nSPS) is 19.9. The highest BCUT2D eigenvalue weighted by Gasteiger charge is 2.23. The van der Waals surface area contributed by atoms with E-state index >= 15 is 0 Å². The Morgan fingerprint density at radius 2 is 2.38 bits per heavy atom. The van der Waals surface area contributed by atoms with Gasteiger partial charge in [-0.25, -0.2) is 0 Å². The molecule has 1 heterocycles. The summed E-state index contributed by atoms with van der Waals surface area (Å²) in [6.07, 6.45) is 3.43. The molecule has 0 N–H and O–H groups in total. The zero-order valence-electron chi connectivity index (χ0n) is 7.92. The maximum Gasteiger partial charge on any atom is 0.0850 e. The molecule has 0 bridgehead atoms. The first-order valence-corrected chi connectivity index (χ1v) is 4.64. The van der Waals surface area contributed by atoms with Gasteiger partial charge in [0.25, 0.3) is 0 Å². The standard InChI is InChI=1S/C12H14O/c1-3-10-5-4-6-11(9(10)2)7-12-8-13-12/h3-6,12H,1,7-8H2,2H3. The molecule has 1 nitrogen and oxygen atoms in total. The third-order valence-electron chi connectivity index (χ3n) is 2.56. The third-order valence-corrected chi connectivity index (χ3v) is 2.56. The quantitative estimate of drug-likeness (QED) is 0.642. The van der Waals surface area contributed by atoms with Gasteiger partial charge in [0.15, 0.2) is 0 Å². The first kappa shape index (κ1) is 8.52. The summed E-state index contributed by atoms with van der Waals surface area (Å²) in [6, 6.07) is 6.35. The van der Waals surface area contributed by atoms with Crippen molar-refractivity contribution in [3.8, 4) is 0 Å². The first-order valence-electron chi connectivity index (χ1n) is 4.64. The molecule has 68 valence electrons. The van der Waals surface area contributed by atoms with Crippen LogP contribution in [0.3, 0.4) is 0 Å². The second kappa shape index (κ2) is 3.35. The number of hydrogen-bond acceptors (Lipinski definition) is 1. The zero-order chi connectivity index (χ0) is 9.26. The summed E-state index contributed by atoms with van der Waals surface area (Å²) >= 11 is 0. The summed E-state index contributed by atoms with van der Waals surface area (Å²) in [5.74, 6) is 0. The first-order chi connectivity index (χ1) is 6.31. The van der Waals surface area contributed by atoms with Gasteiger partial charge in [0.1, 0.15) is 0 Å². The van der Waals surface area contributed by atoms with E-state index in [1.54, 1.807) is 0 Å². The fourth-order valence-electron chi connectivity index (χ4n) is 1.58. The van der Waals surface area contributed by atoms with E-state index in [0.29, 0.717) is 6.10 Å². The maximum absolute atomic E-state index is 5.22. The van der Waals surface area contributed by atoms with Gasteiger partial charge in [-0.05, 0) is 23.6 Å². The van der Waals surface area contributed by atoms with Crippen LogP contribution in [-0.4, -0.2) is 12.7 Å². The van der Waals surface area contributed by atoms with E-state index in [-0.39, 0.29) is 0 Å². The fourth-order valence-corrected chi connectivity index (χ4v) is 1.58. The van der Waals surface area contributed by atoms with Gasteiger partial charge in [0.2, 0.25) is 0 Å². The molecule has 13 heavy (non-hydrogen) atoms. The molecule has 1 aliphatic heterocycles. The number of benzene rings is 1. The fraction of sp³-hybridized carbons (Fsp3) is 0.333. The molecule has 0 spiro atoms. The summed E-state index contributed by atoms with van der Waals surface area (Å²) in [7, 11) is 0. The van der Waals surface area contributed by atoms with E-state index < -0.39 is 0 Å². The molecule has 1 aliphatic rings. The Balaban J connectivity index is 2.27. The molecule has 1 aromatic rings. The minimum atomic E-state index is 0.471. The molecule has 1 heteroatoms. The summed E-state index contributed by atoms with van der Waals surface area (Å²) in [6.45, 7) is 6.87. The average molecular weight is 174 g/mol. The molecule has 2 rings (SSSR count). The van der Waals surface area contributed by atoms with Gasteiger partial charge >= 0.3 is 0 Å². The lowest BCUT2D eigenvalue weighted by molar-refractivity contribution is 0.407. The van der Waals surface area contributed by atoms with Gasteiger partial charge < -0.3 is 4.74 Å². The van der Waals surface area contributed by atoms with Crippen LogP contribution in [0.4, 0.5) is 0 Å². The predicted molar refractivity (Wildman–Crippen MR) is 54.7 cm³/mol. The van der Waals surface area contributed by atoms with Crippen LogP contribution in [0.25, 0.3) is 6.08 Å². The van der Waals surface area contributed by atoms with Gasteiger partial charge in [0.05, 0.1) is 12.7 Å². The molecule has 1 unspecified atom stereocenters. The Morgan fingerprint density at radius 3 is 3.00 bits per heavy atom. The van der Waals surface area contributed by atoms with Crippen molar-refractivity contribution in [2.45, 2.75) is 19.4 Å². The Morgan fingerprint density at radius 1 is 1.62 bits per heavy atom. The molecule has 0 radical (unpaired) electrons. The summed E-state index contributed by atoms with van der Waals surface area (Å²) < 4.78 is 5.22. The molecule has 0 aromatic heterocycles. The monoisotopic (exact) mass is 174 g/mol. The third kappa shape index (κ3) is 1.81. The van der Waals surface area contributed by atoms with Crippen LogP contribution >= 0.6 is 0 Å². The van der Waals surface area contributed by atoms with Crippen LogP contribution in [0.15, 0.2) is 24.8 Å². The lowest BCUT2D eigenvalue weighted by Crippen LogP contribution is -1.97. The molecular weight excluding hydrogens is 160 g/mol. The van der Waals surface area contributed by atoms with Gasteiger partial charge in [-0.2, -0.15) is 0 Å². The van der Waals surface area contributed by atoms with Crippen molar-refractivity contribution in [3.63, 3.8) is 0 Å². The maximum atomic E-state index is 5.22. The van der Waals surface area contributed by atoms with Crippen molar-refractivity contribution in [3.05, 3.63) is 41.5 Å². The van der Waals surface area contributed by atoms with Crippen molar-refractivity contribution >= 4 is 6.08 Å². The van der Waals surface area contributed by atoms with E-state index in [9.17, 15) is 0 Å². The lowest BCUT2D eigenvalue weighted by atomic mass is 9.99. The molecule has 0 aliphatic carbocycles. The molecule has 1 aromatic carbocycles. The van der Waals surface area contributed by atoms with Crippen molar-refractivity contribution in [1.29, 1.82) is 0 Å². The zero-order valence-corrected chi connectivity index (χ0v) is 7.92. The number of hydrogen-bond donors (Lipinski definition) is 0. The van der Waals surface area contributed by atoms with E-state index in [1.807, 2.05) is 6.08 Å². The number of rotatable bonds is 3. The van der Waals surface area contributed by atoms with E-state index in [4.69, 9.17) is 4.74 Å². The van der Waals surface area contributed by atoms with Gasteiger partial charge in [-0.3, -0.25) is 0 Å². The highest BCUT2D eigenvalue weighted by Crippen LogP contribution is 2.21. The minimum Gasteiger partial charge on any atom is -0.373 e.